The van der Waals surface area contributed by atoms with Crippen molar-refractivity contribution in [2.45, 2.75) is 45.4 Å². The molecule has 0 bridgehead atoms. The van der Waals surface area contributed by atoms with E-state index in [0.29, 0.717) is 13.1 Å². The van der Waals surface area contributed by atoms with E-state index in [1.807, 2.05) is 14.1 Å². The smallest absolute Gasteiger partial charge is 0.308 e. The van der Waals surface area contributed by atoms with Gasteiger partial charge in [-0.3, -0.25) is 9.59 Å². The maximum atomic E-state index is 12.7. The van der Waals surface area contributed by atoms with Crippen LogP contribution >= 0.6 is 0 Å². The Balaban J connectivity index is 2.60. The first-order valence-corrected chi connectivity index (χ1v) is 8.08. The SMILES string of the molecule is CC(CN(CCCN(C)C)C(=O)C1CCCCC1)C(=O)O. The van der Waals surface area contributed by atoms with Crippen molar-refractivity contribution in [3.05, 3.63) is 0 Å². The lowest BCUT2D eigenvalue weighted by Gasteiger charge is -2.30. The van der Waals surface area contributed by atoms with Gasteiger partial charge in [-0.05, 0) is 39.9 Å². The van der Waals surface area contributed by atoms with Gasteiger partial charge in [-0.15, -0.1) is 0 Å². The number of aliphatic carboxylic acids is 1. The number of rotatable bonds is 8. The van der Waals surface area contributed by atoms with Gasteiger partial charge in [0.15, 0.2) is 0 Å². The second kappa shape index (κ2) is 9.03. The van der Waals surface area contributed by atoms with E-state index in [2.05, 4.69) is 4.90 Å². The van der Waals surface area contributed by atoms with Gasteiger partial charge in [-0.1, -0.05) is 26.2 Å². The van der Waals surface area contributed by atoms with Crippen molar-refractivity contribution in [1.29, 1.82) is 0 Å². The van der Waals surface area contributed by atoms with Crippen LogP contribution in [-0.2, 0) is 9.59 Å². The lowest BCUT2D eigenvalue weighted by atomic mass is 9.88. The normalized spacial score (nSPS) is 17.7. The molecule has 1 atom stereocenters. The van der Waals surface area contributed by atoms with Crippen molar-refractivity contribution in [2.75, 3.05) is 33.7 Å². The molecule has 1 aliphatic carbocycles. The van der Waals surface area contributed by atoms with Gasteiger partial charge in [0, 0.05) is 19.0 Å². The van der Waals surface area contributed by atoms with E-state index in [1.54, 1.807) is 11.8 Å². The minimum atomic E-state index is -0.830. The van der Waals surface area contributed by atoms with Gasteiger partial charge in [0.05, 0.1) is 5.92 Å². The second-order valence-electron chi connectivity index (χ2n) is 6.52. The zero-order valence-corrected chi connectivity index (χ0v) is 13.7. The van der Waals surface area contributed by atoms with Crippen LogP contribution in [0.4, 0.5) is 0 Å². The first-order chi connectivity index (χ1) is 9.91. The van der Waals surface area contributed by atoms with Crippen LogP contribution in [0, 0.1) is 11.8 Å². The average molecular weight is 298 g/mol. The maximum Gasteiger partial charge on any atom is 0.308 e. The Bertz CT molecular complexity index is 338. The molecule has 0 radical (unpaired) electrons. The van der Waals surface area contributed by atoms with Gasteiger partial charge < -0.3 is 14.9 Å². The summed E-state index contributed by atoms with van der Waals surface area (Å²) in [6.45, 7) is 3.58. The predicted molar refractivity (Wildman–Crippen MR) is 83.1 cm³/mol. The quantitative estimate of drug-likeness (QED) is 0.745. The second-order valence-corrected chi connectivity index (χ2v) is 6.52. The summed E-state index contributed by atoms with van der Waals surface area (Å²) in [6.07, 6.45) is 6.27. The van der Waals surface area contributed by atoms with Gasteiger partial charge in [0.25, 0.3) is 0 Å². The Morgan fingerprint density at radius 1 is 1.14 bits per heavy atom. The molecule has 1 fully saturated rings. The van der Waals surface area contributed by atoms with Gasteiger partial charge in [-0.25, -0.2) is 0 Å². The van der Waals surface area contributed by atoms with Crippen molar-refractivity contribution in [1.82, 2.24) is 9.80 Å². The molecule has 0 aromatic rings. The fourth-order valence-corrected chi connectivity index (χ4v) is 2.89. The number of carbonyl (C=O) groups excluding carboxylic acids is 1. The third-order valence-corrected chi connectivity index (χ3v) is 4.22. The van der Waals surface area contributed by atoms with E-state index in [0.717, 1.165) is 38.6 Å². The van der Waals surface area contributed by atoms with Crippen LogP contribution in [0.25, 0.3) is 0 Å². The molecule has 21 heavy (non-hydrogen) atoms. The predicted octanol–water partition coefficient (Wildman–Crippen LogP) is 2.07. The highest BCUT2D eigenvalue weighted by Gasteiger charge is 2.27. The Morgan fingerprint density at radius 2 is 1.76 bits per heavy atom. The third kappa shape index (κ3) is 6.46. The molecule has 1 amide bonds. The highest BCUT2D eigenvalue weighted by atomic mass is 16.4. The van der Waals surface area contributed by atoms with Crippen molar-refractivity contribution in [3.8, 4) is 0 Å². The number of hydrogen-bond donors (Lipinski definition) is 1. The van der Waals surface area contributed by atoms with Gasteiger partial charge >= 0.3 is 5.97 Å². The van der Waals surface area contributed by atoms with Crippen molar-refractivity contribution >= 4 is 11.9 Å². The summed E-state index contributed by atoms with van der Waals surface area (Å²) >= 11 is 0. The lowest BCUT2D eigenvalue weighted by molar-refractivity contribution is -0.144. The van der Waals surface area contributed by atoms with Crippen LogP contribution in [0.5, 0.6) is 0 Å². The summed E-state index contributed by atoms with van der Waals surface area (Å²) in [6, 6.07) is 0. The highest BCUT2D eigenvalue weighted by Crippen LogP contribution is 2.25. The molecule has 1 unspecified atom stereocenters. The summed E-state index contributed by atoms with van der Waals surface area (Å²) in [5, 5.41) is 9.09. The molecule has 0 saturated heterocycles. The van der Waals surface area contributed by atoms with Crippen LogP contribution in [0.15, 0.2) is 0 Å². The van der Waals surface area contributed by atoms with Crippen molar-refractivity contribution in [3.63, 3.8) is 0 Å². The Kier molecular flexibility index (Phi) is 7.72. The molecule has 5 heteroatoms. The molecule has 122 valence electrons. The summed E-state index contributed by atoms with van der Waals surface area (Å²) in [5.41, 5.74) is 0. The minimum Gasteiger partial charge on any atom is -0.481 e. The van der Waals surface area contributed by atoms with Crippen LogP contribution in [-0.4, -0.2) is 60.5 Å². The Hall–Kier alpha value is -1.10. The number of carbonyl (C=O) groups is 2. The number of hydrogen-bond acceptors (Lipinski definition) is 3. The Labute approximate surface area is 128 Å². The largest absolute Gasteiger partial charge is 0.481 e. The van der Waals surface area contributed by atoms with E-state index in [1.165, 1.54) is 6.42 Å². The van der Waals surface area contributed by atoms with Crippen molar-refractivity contribution < 1.29 is 14.7 Å². The number of carboxylic acid groups (broad SMARTS) is 1. The van der Waals surface area contributed by atoms with E-state index in [4.69, 9.17) is 5.11 Å². The van der Waals surface area contributed by atoms with E-state index in [-0.39, 0.29) is 11.8 Å². The standard InChI is InChI=1S/C16H30N2O3/c1-13(16(20)21)12-18(11-7-10-17(2)3)15(19)14-8-5-4-6-9-14/h13-14H,4-12H2,1-3H3,(H,20,21). The van der Waals surface area contributed by atoms with Gasteiger partial charge in [0.1, 0.15) is 0 Å². The molecule has 5 nitrogen and oxygen atoms in total. The fraction of sp³-hybridized carbons (Fsp3) is 0.875. The van der Waals surface area contributed by atoms with Crippen LogP contribution in [0.1, 0.15) is 45.4 Å². The molecule has 1 rings (SSSR count). The zero-order valence-electron chi connectivity index (χ0n) is 13.7. The molecule has 0 aromatic heterocycles. The first-order valence-electron chi connectivity index (χ1n) is 8.08. The number of amides is 1. The van der Waals surface area contributed by atoms with Gasteiger partial charge in [-0.2, -0.15) is 0 Å². The average Bonchev–Trinajstić information content (AvgIpc) is 2.45. The summed E-state index contributed by atoms with van der Waals surface area (Å²) in [7, 11) is 4.01. The molecular formula is C16H30N2O3. The number of nitrogens with zero attached hydrogens (tertiary/aromatic N) is 2. The topological polar surface area (TPSA) is 60.9 Å². The van der Waals surface area contributed by atoms with Crippen molar-refractivity contribution in [2.24, 2.45) is 11.8 Å². The molecule has 0 heterocycles. The molecule has 1 aliphatic rings. The maximum absolute atomic E-state index is 12.7. The van der Waals surface area contributed by atoms with Gasteiger partial charge in [0.2, 0.25) is 5.91 Å². The van der Waals surface area contributed by atoms with Crippen LogP contribution in [0.2, 0.25) is 0 Å². The monoisotopic (exact) mass is 298 g/mol. The van der Waals surface area contributed by atoms with Crippen LogP contribution in [0.3, 0.4) is 0 Å². The molecule has 0 spiro atoms. The highest BCUT2D eigenvalue weighted by molar-refractivity contribution is 5.79. The minimum absolute atomic E-state index is 0.110. The summed E-state index contributed by atoms with van der Waals surface area (Å²) in [4.78, 5) is 27.6. The van der Waals surface area contributed by atoms with Crippen LogP contribution < -0.4 is 0 Å². The first kappa shape index (κ1) is 18.0. The molecule has 1 N–H and O–H groups in total. The summed E-state index contributed by atoms with van der Waals surface area (Å²) in [5.74, 6) is -1.05. The Morgan fingerprint density at radius 3 is 2.29 bits per heavy atom. The fourth-order valence-electron chi connectivity index (χ4n) is 2.89. The van der Waals surface area contributed by atoms with E-state index < -0.39 is 11.9 Å². The molecule has 0 aromatic carbocycles. The molecule has 0 aliphatic heterocycles. The van der Waals surface area contributed by atoms with E-state index >= 15 is 0 Å². The number of carboxylic acids is 1. The zero-order chi connectivity index (χ0) is 15.8. The van der Waals surface area contributed by atoms with E-state index in [9.17, 15) is 9.59 Å². The third-order valence-electron chi connectivity index (χ3n) is 4.22. The summed E-state index contributed by atoms with van der Waals surface area (Å²) < 4.78 is 0. The molecular weight excluding hydrogens is 268 g/mol. The lowest BCUT2D eigenvalue weighted by Crippen LogP contribution is -2.42. The molecule has 1 saturated carbocycles.